The summed E-state index contributed by atoms with van der Waals surface area (Å²) in [5, 5.41) is 3.44. The van der Waals surface area contributed by atoms with Crippen LogP contribution in [0.25, 0.3) is 0 Å². The molecule has 0 saturated heterocycles. The number of nitrogens with one attached hydrogen (secondary N) is 2. The van der Waals surface area contributed by atoms with Crippen molar-refractivity contribution in [2.24, 2.45) is 0 Å². The SMILES string of the molecule is COC(=O)c1ccc(CNCCC(C)S(C)=O)[nH]1. The van der Waals surface area contributed by atoms with Crippen LogP contribution in [0.15, 0.2) is 12.1 Å². The van der Waals surface area contributed by atoms with Crippen molar-refractivity contribution in [2.45, 2.75) is 25.1 Å². The molecule has 2 unspecified atom stereocenters. The van der Waals surface area contributed by atoms with E-state index in [1.807, 2.05) is 13.0 Å². The topological polar surface area (TPSA) is 71.2 Å². The van der Waals surface area contributed by atoms with Crippen LogP contribution in [-0.2, 0) is 22.1 Å². The van der Waals surface area contributed by atoms with Crippen LogP contribution >= 0.6 is 0 Å². The number of carbonyl (C=O) groups is 1. The minimum absolute atomic E-state index is 0.201. The maximum Gasteiger partial charge on any atom is 0.354 e. The highest BCUT2D eigenvalue weighted by Crippen LogP contribution is 2.03. The molecule has 102 valence electrons. The monoisotopic (exact) mass is 272 g/mol. The molecule has 0 aliphatic carbocycles. The number of hydrogen-bond acceptors (Lipinski definition) is 4. The van der Waals surface area contributed by atoms with Crippen molar-refractivity contribution in [2.75, 3.05) is 19.9 Å². The predicted molar refractivity (Wildman–Crippen MR) is 72.0 cm³/mol. The summed E-state index contributed by atoms with van der Waals surface area (Å²) in [5.74, 6) is -0.365. The molecule has 0 amide bonds. The van der Waals surface area contributed by atoms with Gasteiger partial charge in [-0.3, -0.25) is 4.21 Å². The Labute approximate surface area is 110 Å². The van der Waals surface area contributed by atoms with Crippen LogP contribution < -0.4 is 5.32 Å². The standard InChI is InChI=1S/C12H20N2O3S/c1-9(18(3)16)6-7-13-8-10-4-5-11(14-10)12(15)17-2/h4-5,9,13-14H,6-8H2,1-3H3. The fourth-order valence-electron chi connectivity index (χ4n) is 1.47. The highest BCUT2D eigenvalue weighted by molar-refractivity contribution is 7.84. The number of H-pyrrole nitrogens is 1. The van der Waals surface area contributed by atoms with Gasteiger partial charge in [-0.15, -0.1) is 0 Å². The summed E-state index contributed by atoms with van der Waals surface area (Å²) in [6.07, 6.45) is 2.59. The van der Waals surface area contributed by atoms with Gasteiger partial charge in [0, 0.05) is 34.5 Å². The molecular formula is C12H20N2O3S. The first kappa shape index (κ1) is 14.9. The summed E-state index contributed by atoms with van der Waals surface area (Å²) < 4.78 is 15.8. The molecule has 0 spiro atoms. The summed E-state index contributed by atoms with van der Waals surface area (Å²) in [7, 11) is 0.584. The molecule has 1 aromatic heterocycles. The van der Waals surface area contributed by atoms with Gasteiger partial charge < -0.3 is 15.0 Å². The molecule has 1 rings (SSSR count). The van der Waals surface area contributed by atoms with Crippen LogP contribution in [0.1, 0.15) is 29.5 Å². The van der Waals surface area contributed by atoms with E-state index in [-0.39, 0.29) is 11.2 Å². The van der Waals surface area contributed by atoms with Gasteiger partial charge in [0.15, 0.2) is 0 Å². The van der Waals surface area contributed by atoms with E-state index in [9.17, 15) is 9.00 Å². The fourth-order valence-corrected chi connectivity index (χ4v) is 1.92. The van der Waals surface area contributed by atoms with E-state index in [0.29, 0.717) is 12.2 Å². The van der Waals surface area contributed by atoms with Gasteiger partial charge in [0.05, 0.1) is 7.11 Å². The van der Waals surface area contributed by atoms with Crippen molar-refractivity contribution in [3.8, 4) is 0 Å². The van der Waals surface area contributed by atoms with Gasteiger partial charge in [0.2, 0.25) is 0 Å². The second kappa shape index (κ2) is 7.33. The zero-order chi connectivity index (χ0) is 13.5. The van der Waals surface area contributed by atoms with Gasteiger partial charge in [-0.25, -0.2) is 4.79 Å². The van der Waals surface area contributed by atoms with Crippen molar-refractivity contribution in [1.29, 1.82) is 0 Å². The molecule has 1 heterocycles. The molecule has 5 nitrogen and oxygen atoms in total. The number of methoxy groups -OCH3 is 1. The number of aromatic nitrogens is 1. The maximum absolute atomic E-state index is 11.2. The summed E-state index contributed by atoms with van der Waals surface area (Å²) in [6, 6.07) is 3.55. The highest BCUT2D eigenvalue weighted by Gasteiger charge is 2.08. The zero-order valence-electron chi connectivity index (χ0n) is 11.0. The third-order valence-corrected chi connectivity index (χ3v) is 4.13. The molecule has 0 radical (unpaired) electrons. The Morgan fingerprint density at radius 3 is 2.89 bits per heavy atom. The van der Waals surface area contributed by atoms with Gasteiger partial charge in [0.1, 0.15) is 5.69 Å². The first-order valence-electron chi connectivity index (χ1n) is 5.83. The number of aromatic amines is 1. The zero-order valence-corrected chi connectivity index (χ0v) is 11.8. The van der Waals surface area contributed by atoms with Crippen LogP contribution in [0.3, 0.4) is 0 Å². The van der Waals surface area contributed by atoms with Gasteiger partial charge >= 0.3 is 5.97 Å². The Morgan fingerprint density at radius 1 is 1.56 bits per heavy atom. The van der Waals surface area contributed by atoms with Crippen LogP contribution in [-0.4, -0.2) is 40.3 Å². The van der Waals surface area contributed by atoms with E-state index in [1.54, 1.807) is 12.3 Å². The maximum atomic E-state index is 11.2. The highest BCUT2D eigenvalue weighted by atomic mass is 32.2. The number of hydrogen-bond donors (Lipinski definition) is 2. The average molecular weight is 272 g/mol. The van der Waals surface area contributed by atoms with E-state index < -0.39 is 10.8 Å². The molecule has 2 atom stereocenters. The second-order valence-electron chi connectivity index (χ2n) is 4.16. The molecule has 0 saturated carbocycles. The molecule has 0 aliphatic heterocycles. The van der Waals surface area contributed by atoms with Gasteiger partial charge in [-0.1, -0.05) is 6.92 Å². The molecule has 1 aromatic rings. The van der Waals surface area contributed by atoms with Crippen LogP contribution in [0.4, 0.5) is 0 Å². The lowest BCUT2D eigenvalue weighted by Gasteiger charge is -2.08. The van der Waals surface area contributed by atoms with E-state index >= 15 is 0 Å². The summed E-state index contributed by atoms with van der Waals surface area (Å²) >= 11 is 0. The first-order valence-corrected chi connectivity index (χ1v) is 7.46. The average Bonchev–Trinajstić information content (AvgIpc) is 2.81. The van der Waals surface area contributed by atoms with Gasteiger partial charge in [-0.05, 0) is 25.1 Å². The van der Waals surface area contributed by atoms with Crippen molar-refractivity contribution in [3.05, 3.63) is 23.5 Å². The molecule has 0 aromatic carbocycles. The van der Waals surface area contributed by atoms with E-state index in [4.69, 9.17) is 0 Å². The third kappa shape index (κ3) is 4.62. The number of ether oxygens (including phenoxy) is 1. The van der Waals surface area contributed by atoms with E-state index in [2.05, 4.69) is 15.0 Å². The molecule has 0 fully saturated rings. The predicted octanol–water partition coefficient (Wildman–Crippen LogP) is 1.05. The number of carbonyl (C=O) groups excluding carboxylic acids is 1. The normalized spacial score (nSPS) is 14.2. The lowest BCUT2D eigenvalue weighted by atomic mass is 10.3. The quantitative estimate of drug-likeness (QED) is 0.575. The van der Waals surface area contributed by atoms with Crippen LogP contribution in [0.2, 0.25) is 0 Å². The minimum Gasteiger partial charge on any atom is -0.464 e. The van der Waals surface area contributed by atoms with E-state index in [0.717, 1.165) is 18.7 Å². The van der Waals surface area contributed by atoms with Crippen molar-refractivity contribution >= 4 is 16.8 Å². The van der Waals surface area contributed by atoms with Gasteiger partial charge in [-0.2, -0.15) is 0 Å². The minimum atomic E-state index is -0.771. The van der Waals surface area contributed by atoms with Crippen molar-refractivity contribution in [3.63, 3.8) is 0 Å². The molecule has 0 bridgehead atoms. The summed E-state index contributed by atoms with van der Waals surface area (Å²) in [6.45, 7) is 3.43. The Hall–Kier alpha value is -1.14. The Morgan fingerprint density at radius 2 is 2.28 bits per heavy atom. The molecule has 6 heteroatoms. The van der Waals surface area contributed by atoms with Crippen molar-refractivity contribution in [1.82, 2.24) is 10.3 Å². The fraction of sp³-hybridized carbons (Fsp3) is 0.583. The summed E-state index contributed by atoms with van der Waals surface area (Å²) in [5.41, 5.74) is 1.39. The summed E-state index contributed by atoms with van der Waals surface area (Å²) in [4.78, 5) is 14.2. The Balaban J connectivity index is 2.29. The number of esters is 1. The molecule has 18 heavy (non-hydrogen) atoms. The lowest BCUT2D eigenvalue weighted by molar-refractivity contribution is 0.0594. The van der Waals surface area contributed by atoms with Crippen molar-refractivity contribution < 1.29 is 13.7 Å². The van der Waals surface area contributed by atoms with Gasteiger partial charge in [0.25, 0.3) is 0 Å². The third-order valence-electron chi connectivity index (χ3n) is 2.76. The largest absolute Gasteiger partial charge is 0.464 e. The molecule has 0 aliphatic rings. The first-order chi connectivity index (χ1) is 8.54. The lowest BCUT2D eigenvalue weighted by Crippen LogP contribution is -2.21. The second-order valence-corrected chi connectivity index (χ2v) is 5.97. The Kier molecular flexibility index (Phi) is 6.07. The van der Waals surface area contributed by atoms with Crippen LogP contribution in [0.5, 0.6) is 0 Å². The Bertz CT molecular complexity index is 417. The molecule has 2 N–H and O–H groups in total. The van der Waals surface area contributed by atoms with Crippen LogP contribution in [0, 0.1) is 0 Å². The van der Waals surface area contributed by atoms with E-state index in [1.165, 1.54) is 7.11 Å². The smallest absolute Gasteiger partial charge is 0.354 e. The molecular weight excluding hydrogens is 252 g/mol. The number of rotatable bonds is 7.